The zero-order valence-electron chi connectivity index (χ0n) is 11.0. The molecule has 0 radical (unpaired) electrons. The molecule has 0 aliphatic carbocycles. The average Bonchev–Trinajstić information content (AvgIpc) is 2.38. The minimum atomic E-state index is 0. The molecule has 0 atom stereocenters. The predicted octanol–water partition coefficient (Wildman–Crippen LogP) is 4.29. The van der Waals surface area contributed by atoms with Crippen LogP contribution in [0.15, 0.2) is 42.5 Å². The van der Waals surface area contributed by atoms with Gasteiger partial charge in [-0.3, -0.25) is 0 Å². The maximum absolute atomic E-state index is 5.41. The fourth-order valence-corrected chi connectivity index (χ4v) is 2.02. The molecule has 2 heteroatoms. The zero-order chi connectivity index (χ0) is 12.3. The molecule has 0 amide bonds. The molecule has 18 heavy (non-hydrogen) atoms. The van der Waals surface area contributed by atoms with E-state index in [0.717, 1.165) is 16.9 Å². The van der Waals surface area contributed by atoms with E-state index in [1.807, 2.05) is 30.3 Å². The largest absolute Gasteiger partial charge is 0.506 e. The molecule has 2 rings (SSSR count). The Morgan fingerprint density at radius 2 is 1.78 bits per heavy atom. The van der Waals surface area contributed by atoms with Crippen molar-refractivity contribution in [2.24, 2.45) is 0 Å². The van der Waals surface area contributed by atoms with E-state index < -0.39 is 0 Å². The second kappa shape index (κ2) is 7.02. The molecule has 2 aromatic rings. The Hall–Kier alpha value is -0.708. The van der Waals surface area contributed by atoms with E-state index in [0.29, 0.717) is 5.92 Å². The van der Waals surface area contributed by atoms with Gasteiger partial charge >= 0.3 is 0 Å². The molecule has 0 heterocycles. The van der Waals surface area contributed by atoms with Gasteiger partial charge in [-0.05, 0) is 6.07 Å². The van der Waals surface area contributed by atoms with Crippen LogP contribution >= 0.6 is 0 Å². The maximum atomic E-state index is 5.41. The summed E-state index contributed by atoms with van der Waals surface area (Å²) in [6.07, 6.45) is 0. The first-order valence-electron chi connectivity index (χ1n) is 5.88. The molecule has 0 N–H and O–H groups in total. The van der Waals surface area contributed by atoms with Gasteiger partial charge in [0.25, 0.3) is 0 Å². The fraction of sp³-hybridized carbons (Fsp3) is 0.250. The normalized spacial score (nSPS) is 10.0. The molecule has 0 bridgehead atoms. The van der Waals surface area contributed by atoms with Crippen LogP contribution in [0.25, 0.3) is 11.1 Å². The van der Waals surface area contributed by atoms with E-state index in [2.05, 4.69) is 32.0 Å². The minimum absolute atomic E-state index is 0. The number of hydrogen-bond donors (Lipinski definition) is 0. The van der Waals surface area contributed by atoms with E-state index in [4.69, 9.17) is 4.74 Å². The molecule has 92 valence electrons. The summed E-state index contributed by atoms with van der Waals surface area (Å²) in [6, 6.07) is 17.6. The van der Waals surface area contributed by atoms with Crippen molar-refractivity contribution in [2.45, 2.75) is 19.8 Å². The Balaban J connectivity index is 0.00000162. The summed E-state index contributed by atoms with van der Waals surface area (Å²) >= 11 is 0. The summed E-state index contributed by atoms with van der Waals surface area (Å²) in [5, 5.41) is 0. The van der Waals surface area contributed by atoms with Crippen LogP contribution in [0.5, 0.6) is 5.75 Å². The van der Waals surface area contributed by atoms with Crippen LogP contribution in [0, 0.1) is 37.2 Å². The molecule has 0 spiro atoms. The molecule has 0 saturated carbocycles. The van der Waals surface area contributed by atoms with Gasteiger partial charge in [-0.25, -0.2) is 0 Å². The number of benzene rings is 2. The third-order valence-electron chi connectivity index (χ3n) is 2.89. The summed E-state index contributed by atoms with van der Waals surface area (Å²) in [6.45, 7) is 4.39. The van der Waals surface area contributed by atoms with Crippen LogP contribution in [0.3, 0.4) is 0 Å². The number of para-hydroxylation sites is 1. The summed E-state index contributed by atoms with van der Waals surface area (Å²) in [5.74, 6) is 1.38. The Kier molecular flexibility index (Phi) is 5.99. The third kappa shape index (κ3) is 3.19. The quantitative estimate of drug-likeness (QED) is 0.618. The van der Waals surface area contributed by atoms with Gasteiger partial charge in [-0.15, -0.1) is 35.4 Å². The summed E-state index contributed by atoms with van der Waals surface area (Å²) in [7, 11) is 1.71. The first kappa shape index (κ1) is 15.3. The van der Waals surface area contributed by atoms with Crippen LogP contribution in [0.1, 0.15) is 25.3 Å². The van der Waals surface area contributed by atoms with Gasteiger partial charge in [0.2, 0.25) is 0 Å². The topological polar surface area (TPSA) is 9.23 Å². The van der Waals surface area contributed by atoms with Crippen LogP contribution in [-0.2, 0) is 0 Å². The van der Waals surface area contributed by atoms with Crippen molar-refractivity contribution in [1.29, 1.82) is 0 Å². The van der Waals surface area contributed by atoms with Gasteiger partial charge in [0.05, 0.1) is 12.9 Å². The molecule has 0 unspecified atom stereocenters. The molecular formula is C16H17OU-. The number of hydrogen-bond acceptors (Lipinski definition) is 1. The van der Waals surface area contributed by atoms with Crippen molar-refractivity contribution in [1.82, 2.24) is 0 Å². The molecule has 0 aliphatic rings. The molecule has 0 fully saturated rings. The summed E-state index contributed by atoms with van der Waals surface area (Å²) < 4.78 is 5.41. The molecular weight excluding hydrogens is 446 g/mol. The van der Waals surface area contributed by atoms with Crippen LogP contribution < -0.4 is 4.74 Å². The number of ether oxygens (including phenoxy) is 1. The smallest absolute Gasteiger partial charge is 0.0853 e. The Labute approximate surface area is 133 Å². The van der Waals surface area contributed by atoms with Gasteiger partial charge in [0.15, 0.2) is 0 Å². The van der Waals surface area contributed by atoms with E-state index in [-0.39, 0.29) is 31.1 Å². The molecule has 0 aromatic heterocycles. The molecule has 2 aromatic carbocycles. The van der Waals surface area contributed by atoms with Gasteiger partial charge in [-0.1, -0.05) is 43.5 Å². The third-order valence-corrected chi connectivity index (χ3v) is 2.89. The van der Waals surface area contributed by atoms with Crippen molar-refractivity contribution in [2.75, 3.05) is 7.11 Å². The monoisotopic (exact) mass is 463 g/mol. The Morgan fingerprint density at radius 1 is 1.06 bits per heavy atom. The van der Waals surface area contributed by atoms with E-state index in [1.54, 1.807) is 7.11 Å². The van der Waals surface area contributed by atoms with Crippen LogP contribution in [0.4, 0.5) is 0 Å². The summed E-state index contributed by atoms with van der Waals surface area (Å²) in [5.41, 5.74) is 3.55. The molecule has 1 nitrogen and oxygen atoms in total. The van der Waals surface area contributed by atoms with Crippen molar-refractivity contribution >= 4 is 0 Å². The van der Waals surface area contributed by atoms with Gasteiger partial charge in [0, 0.05) is 31.1 Å². The SMILES string of the molecule is COc1ccccc1-c1[c-]cccc1C(C)C.[U]. The zero-order valence-corrected chi connectivity index (χ0v) is 15.2. The van der Waals surface area contributed by atoms with Crippen molar-refractivity contribution in [3.8, 4) is 16.9 Å². The van der Waals surface area contributed by atoms with E-state index >= 15 is 0 Å². The predicted molar refractivity (Wildman–Crippen MR) is 71.4 cm³/mol. The van der Waals surface area contributed by atoms with Crippen molar-refractivity contribution in [3.63, 3.8) is 0 Å². The second-order valence-electron chi connectivity index (χ2n) is 4.36. The molecule has 0 aliphatic heterocycles. The van der Waals surface area contributed by atoms with E-state index in [1.165, 1.54) is 5.56 Å². The second-order valence-corrected chi connectivity index (χ2v) is 4.36. The molecule has 0 saturated heterocycles. The van der Waals surface area contributed by atoms with Crippen molar-refractivity contribution in [3.05, 3.63) is 54.1 Å². The first-order chi connectivity index (χ1) is 8.24. The van der Waals surface area contributed by atoms with Gasteiger partial charge < -0.3 is 4.74 Å². The first-order valence-corrected chi connectivity index (χ1v) is 5.88. The van der Waals surface area contributed by atoms with Crippen LogP contribution in [0.2, 0.25) is 0 Å². The Morgan fingerprint density at radius 3 is 2.44 bits per heavy atom. The van der Waals surface area contributed by atoms with Crippen molar-refractivity contribution < 1.29 is 35.9 Å². The maximum Gasteiger partial charge on any atom is 0.0853 e. The minimum Gasteiger partial charge on any atom is -0.506 e. The van der Waals surface area contributed by atoms with Gasteiger partial charge in [-0.2, -0.15) is 0 Å². The number of methoxy groups -OCH3 is 1. The Bertz CT molecular complexity index is 506. The van der Waals surface area contributed by atoms with Crippen LogP contribution in [-0.4, -0.2) is 7.11 Å². The summed E-state index contributed by atoms with van der Waals surface area (Å²) in [4.78, 5) is 0. The average molecular weight is 463 g/mol. The standard InChI is InChI=1S/C16H17O.U/c1-12(2)13-8-4-5-9-14(13)15-10-6-7-11-16(15)17-3;/h4-8,10-12H,1-3H3;/q-1;. The van der Waals surface area contributed by atoms with E-state index in [9.17, 15) is 0 Å². The van der Waals surface area contributed by atoms with Gasteiger partial charge in [0.1, 0.15) is 0 Å². The number of rotatable bonds is 3. The fourth-order valence-electron chi connectivity index (χ4n) is 2.02.